The number of benzene rings is 1. The largest absolute Gasteiger partial charge is 0.349 e. The van der Waals surface area contributed by atoms with E-state index in [1.807, 2.05) is 58.7 Å². The summed E-state index contributed by atoms with van der Waals surface area (Å²) in [7, 11) is 0. The molecule has 0 aliphatic rings. The predicted octanol–water partition coefficient (Wildman–Crippen LogP) is 3.59. The topological polar surface area (TPSA) is 59.8 Å². The van der Waals surface area contributed by atoms with Crippen LogP contribution in [0.3, 0.4) is 0 Å². The Bertz CT molecular complexity index is 1010. The first-order chi connectivity index (χ1) is 12.3. The fraction of sp³-hybridized carbons (Fsp3) is 0.105. The van der Waals surface area contributed by atoms with Crippen molar-refractivity contribution in [2.75, 3.05) is 6.54 Å². The molecule has 0 saturated heterocycles. The van der Waals surface area contributed by atoms with Gasteiger partial charge in [-0.05, 0) is 29.6 Å². The zero-order chi connectivity index (χ0) is 17.1. The molecule has 124 valence electrons. The Kier molecular flexibility index (Phi) is 4.26. The first-order valence-corrected chi connectivity index (χ1v) is 8.94. The molecule has 1 amide bonds. The van der Waals surface area contributed by atoms with Gasteiger partial charge in [0, 0.05) is 29.1 Å². The van der Waals surface area contributed by atoms with Crippen LogP contribution in [0.5, 0.6) is 0 Å². The third-order valence-electron chi connectivity index (χ3n) is 3.92. The van der Waals surface area contributed by atoms with E-state index in [1.165, 1.54) is 0 Å². The molecule has 4 rings (SSSR count). The standard InChI is InChI=1S/C19H16N4OS/c24-19(18-6-5-14-3-1-2-4-16(14)21-18)20-9-11-23-10-7-17(22-23)15-8-12-25-13-15/h1-8,10,12-13H,9,11H2,(H,20,24). The summed E-state index contributed by atoms with van der Waals surface area (Å²) in [6.45, 7) is 1.11. The van der Waals surface area contributed by atoms with Crippen molar-refractivity contribution in [1.82, 2.24) is 20.1 Å². The molecule has 3 heterocycles. The third kappa shape index (κ3) is 3.44. The Balaban J connectivity index is 1.37. The second kappa shape index (κ2) is 6.86. The molecule has 0 atom stereocenters. The normalized spacial score (nSPS) is 10.9. The van der Waals surface area contributed by atoms with Crippen molar-refractivity contribution < 1.29 is 4.79 Å². The van der Waals surface area contributed by atoms with Gasteiger partial charge in [0.15, 0.2) is 0 Å². The lowest BCUT2D eigenvalue weighted by Gasteiger charge is -2.06. The molecule has 0 saturated carbocycles. The number of carbonyl (C=O) groups excluding carboxylic acids is 1. The Morgan fingerprint density at radius 2 is 2.04 bits per heavy atom. The molecule has 3 aromatic heterocycles. The number of carbonyl (C=O) groups is 1. The zero-order valence-electron chi connectivity index (χ0n) is 13.4. The number of aromatic nitrogens is 3. The van der Waals surface area contributed by atoms with Gasteiger partial charge in [0.2, 0.25) is 0 Å². The summed E-state index contributed by atoms with van der Waals surface area (Å²) in [4.78, 5) is 16.7. The van der Waals surface area contributed by atoms with Crippen molar-refractivity contribution in [3.63, 3.8) is 0 Å². The van der Waals surface area contributed by atoms with Gasteiger partial charge in [-0.1, -0.05) is 24.3 Å². The van der Waals surface area contributed by atoms with Crippen LogP contribution in [0.1, 0.15) is 10.5 Å². The molecule has 1 N–H and O–H groups in total. The summed E-state index contributed by atoms with van der Waals surface area (Å²) < 4.78 is 1.83. The van der Waals surface area contributed by atoms with E-state index >= 15 is 0 Å². The highest BCUT2D eigenvalue weighted by Crippen LogP contribution is 2.19. The van der Waals surface area contributed by atoms with Gasteiger partial charge in [-0.25, -0.2) is 4.98 Å². The SMILES string of the molecule is O=C(NCCn1ccc(-c2ccsc2)n1)c1ccc2ccccc2n1. The average Bonchev–Trinajstić information content (AvgIpc) is 3.32. The summed E-state index contributed by atoms with van der Waals surface area (Å²) in [6.07, 6.45) is 1.92. The van der Waals surface area contributed by atoms with Gasteiger partial charge >= 0.3 is 0 Å². The van der Waals surface area contributed by atoms with Gasteiger partial charge in [-0.2, -0.15) is 16.4 Å². The molecule has 0 unspecified atom stereocenters. The zero-order valence-corrected chi connectivity index (χ0v) is 14.2. The number of fused-ring (bicyclic) bond motifs is 1. The maximum absolute atomic E-state index is 12.3. The van der Waals surface area contributed by atoms with Crippen LogP contribution in [-0.4, -0.2) is 27.2 Å². The Morgan fingerprint density at radius 3 is 2.92 bits per heavy atom. The Morgan fingerprint density at radius 1 is 1.12 bits per heavy atom. The number of amides is 1. The van der Waals surface area contributed by atoms with Crippen molar-refractivity contribution in [3.8, 4) is 11.3 Å². The molecular formula is C19H16N4OS. The maximum atomic E-state index is 12.3. The molecule has 6 heteroatoms. The molecule has 0 radical (unpaired) electrons. The van der Waals surface area contributed by atoms with Gasteiger partial charge in [0.05, 0.1) is 17.8 Å². The molecule has 5 nitrogen and oxygen atoms in total. The Hall–Kier alpha value is -2.99. The molecule has 0 spiro atoms. The molecule has 25 heavy (non-hydrogen) atoms. The summed E-state index contributed by atoms with van der Waals surface area (Å²) in [5.41, 5.74) is 3.32. The number of hydrogen-bond acceptors (Lipinski definition) is 4. The molecule has 0 bridgehead atoms. The highest BCUT2D eigenvalue weighted by Gasteiger charge is 2.08. The molecule has 0 fully saturated rings. The summed E-state index contributed by atoms with van der Waals surface area (Å²) >= 11 is 1.65. The molecule has 0 aliphatic heterocycles. The van der Waals surface area contributed by atoms with Gasteiger partial charge in [0.1, 0.15) is 5.69 Å². The smallest absolute Gasteiger partial charge is 0.269 e. The lowest BCUT2D eigenvalue weighted by Crippen LogP contribution is -2.28. The lowest BCUT2D eigenvalue weighted by molar-refractivity contribution is 0.0947. The summed E-state index contributed by atoms with van der Waals surface area (Å²) in [6, 6.07) is 15.4. The number of para-hydroxylation sites is 1. The number of rotatable bonds is 5. The van der Waals surface area contributed by atoms with E-state index in [-0.39, 0.29) is 5.91 Å². The van der Waals surface area contributed by atoms with Crippen LogP contribution in [0.15, 0.2) is 65.5 Å². The first kappa shape index (κ1) is 15.5. The molecule has 0 aliphatic carbocycles. The third-order valence-corrected chi connectivity index (χ3v) is 4.60. The van der Waals surface area contributed by atoms with Crippen LogP contribution in [0.2, 0.25) is 0 Å². The van der Waals surface area contributed by atoms with E-state index in [0.29, 0.717) is 18.8 Å². The van der Waals surface area contributed by atoms with Crippen LogP contribution >= 0.6 is 11.3 Å². The van der Waals surface area contributed by atoms with Crippen LogP contribution in [0, 0.1) is 0 Å². The van der Waals surface area contributed by atoms with Crippen LogP contribution in [-0.2, 0) is 6.54 Å². The van der Waals surface area contributed by atoms with Crippen molar-refractivity contribution in [3.05, 3.63) is 71.2 Å². The minimum Gasteiger partial charge on any atom is -0.349 e. The second-order valence-electron chi connectivity index (χ2n) is 5.62. The van der Waals surface area contributed by atoms with E-state index in [1.54, 1.807) is 17.4 Å². The van der Waals surface area contributed by atoms with Crippen LogP contribution < -0.4 is 5.32 Å². The van der Waals surface area contributed by atoms with E-state index in [9.17, 15) is 4.79 Å². The number of thiophene rings is 1. The highest BCUT2D eigenvalue weighted by molar-refractivity contribution is 7.08. The summed E-state index contributed by atoms with van der Waals surface area (Å²) in [5.74, 6) is -0.170. The summed E-state index contributed by atoms with van der Waals surface area (Å²) in [5, 5.41) is 12.5. The molecule has 4 aromatic rings. The fourth-order valence-electron chi connectivity index (χ4n) is 2.62. The van der Waals surface area contributed by atoms with Gasteiger partial charge < -0.3 is 5.32 Å². The molecule has 1 aromatic carbocycles. The second-order valence-corrected chi connectivity index (χ2v) is 6.40. The van der Waals surface area contributed by atoms with Crippen molar-refractivity contribution in [2.24, 2.45) is 0 Å². The van der Waals surface area contributed by atoms with Crippen LogP contribution in [0.25, 0.3) is 22.2 Å². The van der Waals surface area contributed by atoms with Crippen molar-refractivity contribution >= 4 is 28.1 Å². The number of nitrogens with zero attached hydrogens (tertiary/aromatic N) is 3. The van der Waals surface area contributed by atoms with Crippen molar-refractivity contribution in [1.29, 1.82) is 0 Å². The van der Waals surface area contributed by atoms with Gasteiger partial charge in [0.25, 0.3) is 5.91 Å². The van der Waals surface area contributed by atoms with Gasteiger partial charge in [-0.15, -0.1) is 0 Å². The number of nitrogens with one attached hydrogen (secondary N) is 1. The fourth-order valence-corrected chi connectivity index (χ4v) is 3.27. The maximum Gasteiger partial charge on any atom is 0.269 e. The number of pyridine rings is 1. The first-order valence-electron chi connectivity index (χ1n) is 8.00. The Labute approximate surface area is 149 Å². The molecular weight excluding hydrogens is 332 g/mol. The van der Waals surface area contributed by atoms with E-state index < -0.39 is 0 Å². The minimum absolute atomic E-state index is 0.170. The van der Waals surface area contributed by atoms with E-state index in [0.717, 1.165) is 22.2 Å². The van der Waals surface area contributed by atoms with E-state index in [4.69, 9.17) is 0 Å². The van der Waals surface area contributed by atoms with Crippen molar-refractivity contribution in [2.45, 2.75) is 6.54 Å². The van der Waals surface area contributed by atoms with Gasteiger partial charge in [-0.3, -0.25) is 9.48 Å². The van der Waals surface area contributed by atoms with Crippen LogP contribution in [0.4, 0.5) is 0 Å². The van der Waals surface area contributed by atoms with E-state index in [2.05, 4.69) is 20.8 Å². The highest BCUT2D eigenvalue weighted by atomic mass is 32.1. The monoisotopic (exact) mass is 348 g/mol. The lowest BCUT2D eigenvalue weighted by atomic mass is 10.2. The number of hydrogen-bond donors (Lipinski definition) is 1. The average molecular weight is 348 g/mol. The minimum atomic E-state index is -0.170. The quantitative estimate of drug-likeness (QED) is 0.599. The predicted molar refractivity (Wildman–Crippen MR) is 99.6 cm³/mol.